The number of benzene rings is 1. The van der Waals surface area contributed by atoms with Crippen LogP contribution >= 0.6 is 11.8 Å². The largest absolute Gasteiger partial charge is 0.309 e. The molecule has 0 saturated heterocycles. The van der Waals surface area contributed by atoms with Crippen molar-refractivity contribution >= 4 is 11.8 Å². The molecule has 1 aromatic rings. The third kappa shape index (κ3) is 3.55. The Morgan fingerprint density at radius 1 is 1.42 bits per heavy atom. The van der Waals surface area contributed by atoms with Gasteiger partial charge in [0.15, 0.2) is 0 Å². The molecule has 102 valence electrons. The lowest BCUT2D eigenvalue weighted by Crippen LogP contribution is -2.33. The summed E-state index contributed by atoms with van der Waals surface area (Å²) in [5, 5.41) is 3.69. The van der Waals surface area contributed by atoms with Crippen molar-refractivity contribution < 1.29 is 0 Å². The van der Waals surface area contributed by atoms with Crippen LogP contribution in [0.25, 0.3) is 0 Å². The number of hydrogen-bond donors (Lipinski definition) is 1. The van der Waals surface area contributed by atoms with E-state index in [1.54, 1.807) is 0 Å². The van der Waals surface area contributed by atoms with Crippen molar-refractivity contribution in [1.82, 2.24) is 5.32 Å². The fraction of sp³-hybridized carbons (Fsp3) is 0.529. The SMILES string of the molecule is C#CCSCCNC1CCC(C)(C)c2ccccc21. The van der Waals surface area contributed by atoms with Crippen molar-refractivity contribution in [1.29, 1.82) is 0 Å². The first-order valence-electron chi connectivity index (χ1n) is 6.99. The Bertz CT molecular complexity index is 459. The second-order valence-corrected chi connectivity index (χ2v) is 6.88. The van der Waals surface area contributed by atoms with E-state index in [1.165, 1.54) is 24.0 Å². The highest BCUT2D eigenvalue weighted by atomic mass is 32.2. The Morgan fingerprint density at radius 3 is 3.00 bits per heavy atom. The van der Waals surface area contributed by atoms with Gasteiger partial charge in [0.2, 0.25) is 0 Å². The third-order valence-electron chi connectivity index (χ3n) is 3.95. The minimum absolute atomic E-state index is 0.312. The molecule has 1 nitrogen and oxygen atoms in total. The lowest BCUT2D eigenvalue weighted by atomic mass is 9.71. The Morgan fingerprint density at radius 2 is 2.21 bits per heavy atom. The Balaban J connectivity index is 1.98. The highest BCUT2D eigenvalue weighted by Gasteiger charge is 2.31. The number of fused-ring (bicyclic) bond motifs is 1. The summed E-state index contributed by atoms with van der Waals surface area (Å²) >= 11 is 1.82. The molecule has 1 aliphatic rings. The highest BCUT2D eigenvalue weighted by molar-refractivity contribution is 7.99. The number of thioether (sulfide) groups is 1. The standard InChI is InChI=1S/C17H23NS/c1-4-12-19-13-11-18-16-9-10-17(2,3)15-8-6-5-7-14(15)16/h1,5-8,16,18H,9-13H2,2-3H3. The van der Waals surface area contributed by atoms with Gasteiger partial charge in [0, 0.05) is 18.3 Å². The van der Waals surface area contributed by atoms with E-state index in [0.29, 0.717) is 11.5 Å². The second kappa shape index (κ2) is 6.50. The van der Waals surface area contributed by atoms with E-state index in [2.05, 4.69) is 49.4 Å². The molecular weight excluding hydrogens is 250 g/mol. The van der Waals surface area contributed by atoms with Gasteiger partial charge in [0.25, 0.3) is 0 Å². The summed E-state index contributed by atoms with van der Waals surface area (Å²) in [6.07, 6.45) is 7.73. The van der Waals surface area contributed by atoms with Gasteiger partial charge in [0.1, 0.15) is 0 Å². The molecule has 2 heteroatoms. The summed E-state index contributed by atoms with van der Waals surface area (Å²) in [5.41, 5.74) is 3.31. The maximum atomic E-state index is 5.26. The van der Waals surface area contributed by atoms with Gasteiger partial charge in [-0.25, -0.2) is 0 Å². The van der Waals surface area contributed by atoms with E-state index in [4.69, 9.17) is 6.42 Å². The van der Waals surface area contributed by atoms with Gasteiger partial charge in [-0.1, -0.05) is 44.0 Å². The fourth-order valence-corrected chi connectivity index (χ4v) is 3.39. The molecule has 0 radical (unpaired) electrons. The molecule has 1 atom stereocenters. The highest BCUT2D eigenvalue weighted by Crippen LogP contribution is 2.41. The first-order valence-corrected chi connectivity index (χ1v) is 8.14. The second-order valence-electron chi connectivity index (χ2n) is 5.77. The molecule has 0 spiro atoms. The molecule has 1 aromatic carbocycles. The molecule has 0 heterocycles. The van der Waals surface area contributed by atoms with Crippen LogP contribution in [0.3, 0.4) is 0 Å². The monoisotopic (exact) mass is 273 g/mol. The fourth-order valence-electron chi connectivity index (χ4n) is 2.86. The minimum Gasteiger partial charge on any atom is -0.309 e. The van der Waals surface area contributed by atoms with Crippen molar-refractivity contribution in [3.05, 3.63) is 35.4 Å². The summed E-state index contributed by atoms with van der Waals surface area (Å²) in [7, 11) is 0. The number of terminal acetylenes is 1. The predicted molar refractivity (Wildman–Crippen MR) is 85.6 cm³/mol. The third-order valence-corrected chi connectivity index (χ3v) is 4.81. The molecule has 2 rings (SSSR count). The van der Waals surface area contributed by atoms with Crippen LogP contribution in [0, 0.1) is 12.3 Å². The predicted octanol–water partition coefficient (Wildman–Crippen LogP) is 3.76. The Labute approximate surface area is 121 Å². The number of rotatable bonds is 5. The first kappa shape index (κ1) is 14.5. The van der Waals surface area contributed by atoms with Crippen LogP contribution in [-0.4, -0.2) is 18.1 Å². The summed E-state index contributed by atoms with van der Waals surface area (Å²) in [6.45, 7) is 5.74. The van der Waals surface area contributed by atoms with E-state index in [9.17, 15) is 0 Å². The Kier molecular flexibility index (Phi) is 4.96. The molecule has 1 aliphatic carbocycles. The van der Waals surface area contributed by atoms with Crippen molar-refractivity contribution in [2.24, 2.45) is 0 Å². The lowest BCUT2D eigenvalue weighted by molar-refractivity contribution is 0.363. The average Bonchev–Trinajstić information content (AvgIpc) is 2.41. The average molecular weight is 273 g/mol. The summed E-state index contributed by atoms with van der Waals surface area (Å²) in [4.78, 5) is 0. The van der Waals surface area contributed by atoms with Gasteiger partial charge in [-0.15, -0.1) is 18.2 Å². The summed E-state index contributed by atoms with van der Waals surface area (Å²) < 4.78 is 0. The maximum absolute atomic E-state index is 5.26. The van der Waals surface area contributed by atoms with Crippen LogP contribution in [0.5, 0.6) is 0 Å². The molecule has 19 heavy (non-hydrogen) atoms. The molecule has 0 amide bonds. The number of nitrogens with one attached hydrogen (secondary N) is 1. The molecule has 0 aliphatic heterocycles. The molecule has 1 unspecified atom stereocenters. The summed E-state index contributed by atoms with van der Waals surface area (Å²) in [5.74, 6) is 4.57. The van der Waals surface area contributed by atoms with Crippen LogP contribution in [0.4, 0.5) is 0 Å². The minimum atomic E-state index is 0.312. The molecule has 1 N–H and O–H groups in total. The zero-order chi connectivity index (χ0) is 13.7. The zero-order valence-corrected chi connectivity index (χ0v) is 12.7. The van der Waals surface area contributed by atoms with Crippen LogP contribution in [0.2, 0.25) is 0 Å². The van der Waals surface area contributed by atoms with Gasteiger partial charge in [0.05, 0.1) is 5.75 Å². The topological polar surface area (TPSA) is 12.0 Å². The van der Waals surface area contributed by atoms with E-state index in [0.717, 1.165) is 18.1 Å². The van der Waals surface area contributed by atoms with Gasteiger partial charge < -0.3 is 5.32 Å². The van der Waals surface area contributed by atoms with Crippen molar-refractivity contribution in [3.8, 4) is 12.3 Å². The molecule has 0 bridgehead atoms. The lowest BCUT2D eigenvalue weighted by Gasteiger charge is -2.37. The van der Waals surface area contributed by atoms with Gasteiger partial charge in [-0.05, 0) is 29.4 Å². The zero-order valence-electron chi connectivity index (χ0n) is 11.9. The molecular formula is C17H23NS. The van der Waals surface area contributed by atoms with Gasteiger partial charge in [-0.3, -0.25) is 0 Å². The van der Waals surface area contributed by atoms with Crippen molar-refractivity contribution in [2.75, 3.05) is 18.1 Å². The quantitative estimate of drug-likeness (QED) is 0.647. The van der Waals surface area contributed by atoms with Crippen molar-refractivity contribution in [2.45, 2.75) is 38.1 Å². The van der Waals surface area contributed by atoms with Crippen molar-refractivity contribution in [3.63, 3.8) is 0 Å². The number of hydrogen-bond acceptors (Lipinski definition) is 2. The smallest absolute Gasteiger partial charge is 0.0545 e. The van der Waals surface area contributed by atoms with Gasteiger partial charge in [-0.2, -0.15) is 0 Å². The Hall–Kier alpha value is -0.910. The van der Waals surface area contributed by atoms with Crippen LogP contribution in [-0.2, 0) is 5.41 Å². The molecule has 0 aromatic heterocycles. The van der Waals surface area contributed by atoms with E-state index in [-0.39, 0.29) is 0 Å². The van der Waals surface area contributed by atoms with E-state index < -0.39 is 0 Å². The molecule has 0 fully saturated rings. The van der Waals surface area contributed by atoms with Crippen LogP contribution < -0.4 is 5.32 Å². The van der Waals surface area contributed by atoms with Gasteiger partial charge >= 0.3 is 0 Å². The normalized spacial score (nSPS) is 20.6. The van der Waals surface area contributed by atoms with Crippen LogP contribution in [0.1, 0.15) is 43.9 Å². The van der Waals surface area contributed by atoms with Crippen LogP contribution in [0.15, 0.2) is 24.3 Å². The molecule has 0 saturated carbocycles. The van der Waals surface area contributed by atoms with E-state index in [1.807, 2.05) is 11.8 Å². The first-order chi connectivity index (χ1) is 9.15. The summed E-state index contributed by atoms with van der Waals surface area (Å²) in [6, 6.07) is 9.39. The van der Waals surface area contributed by atoms with E-state index >= 15 is 0 Å². The maximum Gasteiger partial charge on any atom is 0.0545 e.